The van der Waals surface area contributed by atoms with Gasteiger partial charge in [0, 0.05) is 45.8 Å². The maximum absolute atomic E-state index is 14.1. The summed E-state index contributed by atoms with van der Waals surface area (Å²) in [6.45, 7) is 1.90. The minimum atomic E-state index is -5.19. The number of likely N-dealkylation sites (tertiary alicyclic amines) is 1. The third-order valence-corrected chi connectivity index (χ3v) is 8.39. The summed E-state index contributed by atoms with van der Waals surface area (Å²) in [6, 6.07) is 8.49. The highest BCUT2D eigenvalue weighted by Crippen LogP contribution is 2.42. The number of amides is 2. The molecule has 2 fully saturated rings. The number of alkyl halides is 3. The molecule has 0 saturated carbocycles. The molecule has 1 aromatic heterocycles. The summed E-state index contributed by atoms with van der Waals surface area (Å²) < 4.78 is 52.8. The van der Waals surface area contributed by atoms with Crippen LogP contribution in [-0.4, -0.2) is 92.4 Å². The Kier molecular flexibility index (Phi) is 9.54. The number of rotatable bonds is 8. The van der Waals surface area contributed by atoms with Gasteiger partial charge in [-0.15, -0.1) is 0 Å². The minimum absolute atomic E-state index is 0.124. The lowest BCUT2D eigenvalue weighted by Gasteiger charge is -2.40. The van der Waals surface area contributed by atoms with E-state index in [9.17, 15) is 27.9 Å². The van der Waals surface area contributed by atoms with Crippen LogP contribution in [0.5, 0.6) is 11.6 Å². The Morgan fingerprint density at radius 3 is 2.14 bits per heavy atom. The Hall–Kier alpha value is -3.54. The number of pyridine rings is 1. The van der Waals surface area contributed by atoms with E-state index >= 15 is 0 Å². The Morgan fingerprint density at radius 1 is 0.976 bits per heavy atom. The van der Waals surface area contributed by atoms with Crippen LogP contribution in [0.2, 0.25) is 0 Å². The molecule has 9 nitrogen and oxygen atoms in total. The molecular formula is C30H39F3N4O5. The van der Waals surface area contributed by atoms with E-state index in [0.29, 0.717) is 30.2 Å². The topological polar surface area (TPSA) is 95.4 Å². The predicted octanol–water partition coefficient (Wildman–Crippen LogP) is 4.10. The average Bonchev–Trinajstić information content (AvgIpc) is 2.99. The normalized spacial score (nSPS) is 18.4. The molecule has 2 aliphatic heterocycles. The number of anilines is 1. The number of carbonyl (C=O) groups is 2. The van der Waals surface area contributed by atoms with Crippen molar-refractivity contribution in [1.29, 1.82) is 0 Å². The van der Waals surface area contributed by atoms with Crippen molar-refractivity contribution in [3.8, 4) is 11.6 Å². The van der Waals surface area contributed by atoms with Crippen molar-refractivity contribution in [3.63, 3.8) is 0 Å². The Bertz CT molecular complexity index is 1260. The molecule has 42 heavy (non-hydrogen) atoms. The summed E-state index contributed by atoms with van der Waals surface area (Å²) in [6.07, 6.45) is -1.22. The molecule has 1 aromatic carbocycles. The standard InChI is InChI=1S/C30H39F3N4O5/c1-35(2)27(38)24-8-9-25(34-26(24)42-4)36-14-10-20(11-15-36)18-21-12-16-37(17-13-21)28(39)29(40,30(31,32)33)22-6-5-7-23(19-22)41-3/h5-9,19-21,40H,10-18H2,1-4H3. The third kappa shape index (κ3) is 6.43. The summed E-state index contributed by atoms with van der Waals surface area (Å²) in [4.78, 5) is 34.9. The highest BCUT2D eigenvalue weighted by molar-refractivity contribution is 5.96. The molecule has 1 atom stereocenters. The Labute approximate surface area is 244 Å². The molecule has 230 valence electrons. The van der Waals surface area contributed by atoms with Crippen LogP contribution in [0.25, 0.3) is 0 Å². The first-order valence-electron chi connectivity index (χ1n) is 14.1. The van der Waals surface area contributed by atoms with Gasteiger partial charge in [-0.2, -0.15) is 18.2 Å². The van der Waals surface area contributed by atoms with Gasteiger partial charge in [0.05, 0.1) is 14.2 Å². The van der Waals surface area contributed by atoms with Crippen molar-refractivity contribution in [2.45, 2.75) is 43.9 Å². The molecule has 12 heteroatoms. The van der Waals surface area contributed by atoms with E-state index in [2.05, 4.69) is 9.88 Å². The predicted molar refractivity (Wildman–Crippen MR) is 151 cm³/mol. The number of hydrogen-bond donors (Lipinski definition) is 1. The average molecular weight is 593 g/mol. The highest BCUT2D eigenvalue weighted by atomic mass is 19.4. The molecule has 0 radical (unpaired) electrons. The van der Waals surface area contributed by atoms with Crippen LogP contribution < -0.4 is 14.4 Å². The number of nitrogens with zero attached hydrogens (tertiary/aromatic N) is 4. The second-order valence-corrected chi connectivity index (χ2v) is 11.3. The zero-order valence-electron chi connectivity index (χ0n) is 24.5. The molecule has 0 spiro atoms. The fourth-order valence-corrected chi connectivity index (χ4v) is 5.89. The first-order chi connectivity index (χ1) is 19.9. The van der Waals surface area contributed by atoms with Crippen molar-refractivity contribution in [2.24, 2.45) is 11.8 Å². The zero-order valence-corrected chi connectivity index (χ0v) is 24.5. The fourth-order valence-electron chi connectivity index (χ4n) is 5.89. The van der Waals surface area contributed by atoms with Crippen LogP contribution in [0.4, 0.5) is 19.0 Å². The van der Waals surface area contributed by atoms with E-state index < -0.39 is 23.2 Å². The summed E-state index contributed by atoms with van der Waals surface area (Å²) in [5.74, 6) is 0.375. The lowest BCUT2D eigenvalue weighted by Crippen LogP contribution is -2.57. The van der Waals surface area contributed by atoms with E-state index in [1.165, 1.54) is 31.3 Å². The van der Waals surface area contributed by atoms with Gasteiger partial charge < -0.3 is 29.3 Å². The van der Waals surface area contributed by atoms with Gasteiger partial charge in [0.15, 0.2) is 0 Å². The number of ether oxygens (including phenoxy) is 2. The molecular weight excluding hydrogens is 553 g/mol. The number of piperidine rings is 2. The van der Waals surface area contributed by atoms with Gasteiger partial charge in [-0.25, -0.2) is 0 Å². The third-order valence-electron chi connectivity index (χ3n) is 8.39. The van der Waals surface area contributed by atoms with Crippen molar-refractivity contribution in [1.82, 2.24) is 14.8 Å². The van der Waals surface area contributed by atoms with Crippen LogP contribution >= 0.6 is 0 Å². The number of aromatic nitrogens is 1. The zero-order chi connectivity index (χ0) is 30.7. The van der Waals surface area contributed by atoms with Gasteiger partial charge in [0.25, 0.3) is 17.4 Å². The molecule has 2 saturated heterocycles. The quantitative estimate of drug-likeness (QED) is 0.493. The maximum atomic E-state index is 14.1. The van der Waals surface area contributed by atoms with Crippen LogP contribution in [0.1, 0.15) is 48.0 Å². The number of hydrogen-bond acceptors (Lipinski definition) is 7. The SMILES string of the molecule is COc1cccc(C(O)(C(=O)N2CCC(CC3CCN(c4ccc(C(=O)N(C)C)c(OC)n4)CC3)CC2)C(F)(F)F)c1. The Balaban J connectivity index is 1.32. The fraction of sp³-hybridized carbons (Fsp3) is 0.567. The Morgan fingerprint density at radius 2 is 1.60 bits per heavy atom. The van der Waals surface area contributed by atoms with Crippen molar-refractivity contribution in [2.75, 3.05) is 59.4 Å². The van der Waals surface area contributed by atoms with Gasteiger partial charge in [0.2, 0.25) is 5.88 Å². The first kappa shape index (κ1) is 31.4. The summed E-state index contributed by atoms with van der Waals surface area (Å²) in [7, 11) is 6.15. The summed E-state index contributed by atoms with van der Waals surface area (Å²) in [5.41, 5.74) is -3.79. The molecule has 1 unspecified atom stereocenters. The lowest BCUT2D eigenvalue weighted by atomic mass is 9.82. The second kappa shape index (κ2) is 12.8. The molecule has 2 amide bonds. The number of carbonyl (C=O) groups excluding carboxylic acids is 2. The van der Waals surface area contributed by atoms with Crippen molar-refractivity contribution < 1.29 is 37.3 Å². The molecule has 2 aromatic rings. The van der Waals surface area contributed by atoms with Crippen LogP contribution in [0, 0.1) is 11.8 Å². The van der Waals surface area contributed by atoms with Gasteiger partial charge in [0.1, 0.15) is 17.1 Å². The summed E-state index contributed by atoms with van der Waals surface area (Å²) in [5, 5.41) is 10.8. The van der Waals surface area contributed by atoms with E-state index in [-0.39, 0.29) is 30.7 Å². The molecule has 2 aliphatic rings. The largest absolute Gasteiger partial charge is 0.497 e. The molecule has 1 N–H and O–H groups in total. The minimum Gasteiger partial charge on any atom is -0.497 e. The monoisotopic (exact) mass is 592 g/mol. The number of benzene rings is 1. The number of halogens is 3. The molecule has 4 rings (SSSR count). The van der Waals surface area contributed by atoms with E-state index in [1.807, 2.05) is 6.07 Å². The first-order valence-corrected chi connectivity index (χ1v) is 14.1. The van der Waals surface area contributed by atoms with Crippen molar-refractivity contribution in [3.05, 3.63) is 47.5 Å². The molecule has 0 bridgehead atoms. The van der Waals surface area contributed by atoms with Gasteiger partial charge >= 0.3 is 6.18 Å². The van der Waals surface area contributed by atoms with Crippen LogP contribution in [-0.2, 0) is 10.4 Å². The van der Waals surface area contributed by atoms with Gasteiger partial charge in [-0.3, -0.25) is 9.59 Å². The van der Waals surface area contributed by atoms with E-state index in [1.54, 1.807) is 20.2 Å². The van der Waals surface area contributed by atoms with Gasteiger partial charge in [-0.05, 0) is 68.2 Å². The maximum Gasteiger partial charge on any atom is 0.430 e. The molecule has 3 heterocycles. The van der Waals surface area contributed by atoms with Gasteiger partial charge in [-0.1, -0.05) is 12.1 Å². The van der Waals surface area contributed by atoms with Crippen molar-refractivity contribution >= 4 is 17.6 Å². The molecule has 0 aliphatic carbocycles. The van der Waals surface area contributed by atoms with Crippen LogP contribution in [0.3, 0.4) is 0 Å². The number of methoxy groups -OCH3 is 2. The van der Waals surface area contributed by atoms with E-state index in [0.717, 1.165) is 55.2 Å². The van der Waals surface area contributed by atoms with Crippen LogP contribution in [0.15, 0.2) is 36.4 Å². The highest BCUT2D eigenvalue weighted by Gasteiger charge is 2.62. The lowest BCUT2D eigenvalue weighted by molar-refractivity contribution is -0.262. The number of aliphatic hydroxyl groups is 1. The van der Waals surface area contributed by atoms with E-state index in [4.69, 9.17) is 9.47 Å². The second-order valence-electron chi connectivity index (χ2n) is 11.3. The summed E-state index contributed by atoms with van der Waals surface area (Å²) >= 11 is 0. The smallest absolute Gasteiger partial charge is 0.430 e.